The molecule has 0 aliphatic heterocycles. The Morgan fingerprint density at radius 3 is 1.75 bits per heavy atom. The number of methoxy groups -OCH3 is 2. The zero-order chi connectivity index (χ0) is 43.0. The van der Waals surface area contributed by atoms with E-state index in [-0.39, 0.29) is 191 Å². The average molecular weight is 1040 g/mol. The summed E-state index contributed by atoms with van der Waals surface area (Å²) in [6.45, 7) is 3.43. The molecule has 34 heteroatoms. The maximum Gasteiger partial charge on any atom is 1.00 e. The van der Waals surface area contributed by atoms with Crippen LogP contribution in [-0.4, -0.2) is 100 Å². The molecule has 0 heterocycles. The van der Waals surface area contributed by atoms with Crippen LogP contribution in [0.1, 0.15) is 0 Å². The Kier molecular flexibility index (Phi) is 36.7. The van der Waals surface area contributed by atoms with Gasteiger partial charge in [-0.1, -0.05) is 28.7 Å². The van der Waals surface area contributed by atoms with Crippen molar-refractivity contribution in [2.24, 2.45) is 20.5 Å². The third-order valence-electron chi connectivity index (χ3n) is 5.88. The molecule has 317 valence electrons. The van der Waals surface area contributed by atoms with Crippen molar-refractivity contribution in [1.29, 1.82) is 0 Å². The first-order valence-corrected chi connectivity index (χ1v) is 20.3. The molecule has 0 amide bonds. The number of fused-ring (bicyclic) bond motifs is 1. The van der Waals surface area contributed by atoms with E-state index in [9.17, 15) is 31.6 Å². The first-order chi connectivity index (χ1) is 25.8. The molecular weight excluding hydrogens is 1010 g/mol. The Bertz CT molecular complexity index is 2650. The molecule has 0 saturated heterocycles. The number of benzene rings is 4. The van der Waals surface area contributed by atoms with Crippen molar-refractivity contribution >= 4 is 90.8 Å². The van der Waals surface area contributed by atoms with E-state index >= 15 is 0 Å². The van der Waals surface area contributed by atoms with Crippen LogP contribution in [0.5, 0.6) is 23.0 Å². The summed E-state index contributed by atoms with van der Waals surface area (Å²) in [5, 5.41) is 40.1. The van der Waals surface area contributed by atoms with E-state index in [4.69, 9.17) is 52.3 Å². The minimum absolute atomic E-state index is 0. The molecular formula is C27H24CuN5Na4O19S5-. The summed E-state index contributed by atoms with van der Waals surface area (Å²) in [6.07, 6.45) is 0. The van der Waals surface area contributed by atoms with E-state index in [0.717, 1.165) is 0 Å². The third kappa shape index (κ3) is 27.0. The summed E-state index contributed by atoms with van der Waals surface area (Å²) in [6, 6.07) is 16.1. The molecule has 0 aliphatic rings. The minimum Gasteiger partial charge on any atom is -0.747 e. The van der Waals surface area contributed by atoms with Crippen LogP contribution in [-0.2, 0) is 68.6 Å². The summed E-state index contributed by atoms with van der Waals surface area (Å²) in [4.78, 5) is -0.0769. The van der Waals surface area contributed by atoms with E-state index in [1.165, 1.54) is 62.8 Å². The van der Waals surface area contributed by atoms with E-state index < -0.39 is 69.0 Å². The smallest absolute Gasteiger partial charge is 0.747 e. The van der Waals surface area contributed by atoms with Crippen molar-refractivity contribution in [2.45, 2.75) is 4.90 Å². The number of anilines is 1. The largest absolute Gasteiger partial charge is 1.00 e. The van der Waals surface area contributed by atoms with Gasteiger partial charge in [0.15, 0.2) is 9.84 Å². The molecule has 4 N–H and O–H groups in total. The molecule has 0 unspecified atom stereocenters. The summed E-state index contributed by atoms with van der Waals surface area (Å²) in [5.41, 5.74) is -0.0310. The van der Waals surface area contributed by atoms with Gasteiger partial charge in [0.25, 0.3) is 0 Å². The minimum atomic E-state index is -4.92. The fourth-order valence-electron chi connectivity index (χ4n) is 3.71. The number of nitrogens with zero attached hydrogens (tertiary/aromatic N) is 4. The van der Waals surface area contributed by atoms with Crippen molar-refractivity contribution in [2.75, 3.05) is 31.2 Å². The molecule has 4 rings (SSSR count). The third-order valence-corrected chi connectivity index (χ3v) is 7.89. The molecule has 0 fully saturated rings. The molecule has 0 bridgehead atoms. The molecule has 4 aromatic rings. The van der Waals surface area contributed by atoms with E-state index in [1.807, 2.05) is 0 Å². The fraction of sp³-hybridized carbons (Fsp3) is 0.148. The number of hydrogen-bond donors (Lipinski definition) is 4. The van der Waals surface area contributed by atoms with Crippen LogP contribution in [0, 0.1) is 19.1 Å². The van der Waals surface area contributed by atoms with Crippen LogP contribution in [0.25, 0.3) is 10.8 Å². The van der Waals surface area contributed by atoms with Gasteiger partial charge in [-0.2, -0.15) is 27.5 Å². The summed E-state index contributed by atoms with van der Waals surface area (Å²) < 4.78 is 152. The zero-order valence-electron chi connectivity index (χ0n) is 32.2. The number of ether oxygens (including phenoxy) is 2. The Labute approximate surface area is 450 Å². The van der Waals surface area contributed by atoms with Crippen LogP contribution in [0.15, 0.2) is 73.9 Å². The molecule has 0 spiro atoms. The Hall–Kier alpha value is -1.17. The van der Waals surface area contributed by atoms with Gasteiger partial charge in [-0.05, 0) is 24.3 Å². The van der Waals surface area contributed by atoms with Crippen molar-refractivity contribution in [3.8, 4) is 23.0 Å². The number of sulfone groups is 1. The first-order valence-electron chi connectivity index (χ1n) is 13.7. The summed E-state index contributed by atoms with van der Waals surface area (Å²) in [5.74, 6) is -1.54. The first kappa shape index (κ1) is 68.9. The number of aromatic hydroxyl groups is 2. The number of nitrogens with one attached hydrogen (secondary N) is 1. The van der Waals surface area contributed by atoms with Crippen LogP contribution in [0.4, 0.5) is 28.4 Å². The van der Waals surface area contributed by atoms with Crippen LogP contribution in [0.2, 0.25) is 0 Å². The molecule has 61 heavy (non-hydrogen) atoms. The number of azo groups is 2. The van der Waals surface area contributed by atoms with Crippen molar-refractivity contribution < 1.29 is 219 Å². The second kappa shape index (κ2) is 32.5. The molecule has 1 radical (unpaired) electrons. The van der Waals surface area contributed by atoms with Gasteiger partial charge < -0.3 is 41.0 Å². The maximum absolute atomic E-state index is 12.4. The van der Waals surface area contributed by atoms with Crippen molar-refractivity contribution in [3.05, 3.63) is 67.6 Å². The van der Waals surface area contributed by atoms with Gasteiger partial charge in [-0.25, -0.2) is 25.3 Å². The van der Waals surface area contributed by atoms with Gasteiger partial charge in [0.05, 0.1) is 30.5 Å². The fourth-order valence-corrected chi connectivity index (χ4v) is 4.84. The molecule has 0 atom stereocenters. The topological polar surface area (TPSA) is 392 Å². The second-order valence-electron chi connectivity index (χ2n) is 9.45. The number of hydrogen-bond acceptors (Lipinski definition) is 23. The predicted molar refractivity (Wildman–Crippen MR) is 187 cm³/mol. The Morgan fingerprint density at radius 1 is 0.754 bits per heavy atom. The average Bonchev–Trinajstić information content (AvgIpc) is 3.08. The number of phenols is 2. The van der Waals surface area contributed by atoms with Gasteiger partial charge >= 0.3 is 139 Å². The van der Waals surface area contributed by atoms with Crippen LogP contribution in [0.3, 0.4) is 0 Å². The second-order valence-corrected chi connectivity index (χ2v) is 14.6. The summed E-state index contributed by atoms with van der Waals surface area (Å²) >= 11 is 0. The Balaban J connectivity index is -0.000000510. The standard InChI is InChI=1S/C27H24N5O9S2.Cu.4Na.H2O4S.2O3S/c1-4-42(35,36)17-6-12-25(41-3)23(14-17)31-32-26-18-7-10-21(29-30-22-13-16(40-2)5-11-24(22)33)27(34)19(18)8-9-20(26)28-15-43(37,38)39;;;;;;1-5(2,3)4;2*1-4(2)3/h6-9,11-14,28,33-34H,1,4,15H2,2-3H3,(H,37,38,39);;;;;;(H2,1,2,3,4);;/q-3;;4*+1;;;/p-2. The van der Waals surface area contributed by atoms with Gasteiger partial charge in [0.1, 0.15) is 27.4 Å². The Morgan fingerprint density at radius 2 is 1.28 bits per heavy atom. The summed E-state index contributed by atoms with van der Waals surface area (Å²) in [7, 11) is -16.8. The normalized spacial score (nSPS) is 10.4. The zero-order valence-corrected chi connectivity index (χ0v) is 45.3. The maximum atomic E-state index is 12.4. The molecule has 0 aromatic heterocycles. The van der Waals surface area contributed by atoms with E-state index in [2.05, 4.69) is 44.8 Å². The van der Waals surface area contributed by atoms with Crippen LogP contribution >= 0.6 is 0 Å². The van der Waals surface area contributed by atoms with Gasteiger partial charge in [-0.3, -0.25) is 4.55 Å². The van der Waals surface area contributed by atoms with Gasteiger partial charge in [0, 0.05) is 45.7 Å². The molecule has 0 aliphatic carbocycles. The van der Waals surface area contributed by atoms with Crippen LogP contribution < -0.4 is 133 Å². The molecule has 4 aromatic carbocycles. The molecule has 0 saturated carbocycles. The van der Waals surface area contributed by atoms with Crippen molar-refractivity contribution in [3.63, 3.8) is 0 Å². The molecule has 24 nitrogen and oxygen atoms in total. The number of rotatable bonds is 11. The van der Waals surface area contributed by atoms with E-state index in [0.29, 0.717) is 5.75 Å². The van der Waals surface area contributed by atoms with Gasteiger partial charge in [0.2, 0.25) is 10.4 Å². The number of phenolic OH excluding ortho intramolecular Hbond substituents is 2. The predicted octanol–water partition coefficient (Wildman–Crippen LogP) is -9.77. The SMILES string of the molecule is O=S(=O)([O-])O.O=S(=O)=O.O=S(=O)=O.[CH2-]CS(=O)(=O)c1ccc(OC)c(N=Nc2c(NCS(=O)(=O)[O-])ccc3c(O)c(N=Nc4cc(OC)[c-]cc4O)[c-]cc23)c1.[Cu].[Na+].[Na+].[Na+].[Na+]. The van der Waals surface area contributed by atoms with Crippen molar-refractivity contribution in [1.82, 2.24) is 0 Å². The monoisotopic (exact) mass is 1040 g/mol. The quantitative estimate of drug-likeness (QED) is 0.0356. The van der Waals surface area contributed by atoms with Gasteiger partial charge in [-0.15, -0.1) is 42.5 Å². The van der Waals surface area contributed by atoms with E-state index in [1.54, 1.807) is 0 Å².